The number of nitrogens with two attached hydrogens (primary N) is 1. The molecule has 2 aliphatic carbocycles. The molecule has 5 nitrogen and oxygen atoms in total. The highest BCUT2D eigenvalue weighted by molar-refractivity contribution is 7.92. The van der Waals surface area contributed by atoms with Gasteiger partial charge in [0.1, 0.15) is 5.75 Å². The van der Waals surface area contributed by atoms with E-state index in [4.69, 9.17) is 17.3 Å². The Morgan fingerprint density at radius 1 is 1.17 bits per heavy atom. The van der Waals surface area contributed by atoms with Crippen molar-refractivity contribution in [1.29, 1.82) is 0 Å². The first-order valence-corrected chi connectivity index (χ1v) is 10.4. The smallest absolute Gasteiger partial charge is 0.235 e. The first-order chi connectivity index (χ1) is 11.3. The SMILES string of the molecule is NC1CC2CCCC(C1)C2NC(=O)CS(=O)(=O)c1ccc(Cl)cc1. The lowest BCUT2D eigenvalue weighted by atomic mass is 9.67. The van der Waals surface area contributed by atoms with Crippen LogP contribution in [0.1, 0.15) is 32.1 Å². The molecule has 0 radical (unpaired) electrons. The molecule has 1 amide bonds. The van der Waals surface area contributed by atoms with Crippen molar-refractivity contribution in [2.24, 2.45) is 17.6 Å². The normalized spacial score (nSPS) is 29.9. The minimum Gasteiger partial charge on any atom is -0.352 e. The third-order valence-corrected chi connectivity index (χ3v) is 7.08. The van der Waals surface area contributed by atoms with Gasteiger partial charge in [0, 0.05) is 17.1 Å². The van der Waals surface area contributed by atoms with E-state index < -0.39 is 21.5 Å². The van der Waals surface area contributed by atoms with E-state index in [1.807, 2.05) is 0 Å². The molecule has 2 bridgehead atoms. The minimum atomic E-state index is -3.66. The summed E-state index contributed by atoms with van der Waals surface area (Å²) in [6.45, 7) is 0. The lowest BCUT2D eigenvalue weighted by Crippen LogP contribution is -2.54. The van der Waals surface area contributed by atoms with Crippen molar-refractivity contribution < 1.29 is 13.2 Å². The van der Waals surface area contributed by atoms with E-state index in [0.29, 0.717) is 16.9 Å². The van der Waals surface area contributed by atoms with Crippen molar-refractivity contribution in [1.82, 2.24) is 5.32 Å². The zero-order valence-electron chi connectivity index (χ0n) is 13.4. The summed E-state index contributed by atoms with van der Waals surface area (Å²) in [5, 5.41) is 3.44. The summed E-state index contributed by atoms with van der Waals surface area (Å²) in [7, 11) is -3.66. The molecule has 3 rings (SSSR count). The third kappa shape index (κ3) is 3.92. The molecule has 2 atom stereocenters. The van der Waals surface area contributed by atoms with Crippen molar-refractivity contribution in [2.75, 3.05) is 5.75 Å². The van der Waals surface area contributed by atoms with Crippen LogP contribution in [-0.2, 0) is 14.6 Å². The number of halogens is 1. The molecule has 0 aliphatic heterocycles. The predicted molar refractivity (Wildman–Crippen MR) is 93.5 cm³/mol. The Hall–Kier alpha value is -1.11. The Morgan fingerprint density at radius 2 is 1.75 bits per heavy atom. The predicted octanol–water partition coefficient (Wildman–Crippen LogP) is 2.14. The van der Waals surface area contributed by atoms with E-state index >= 15 is 0 Å². The summed E-state index contributed by atoms with van der Waals surface area (Å²) in [5.41, 5.74) is 6.09. The second-order valence-corrected chi connectivity index (χ2v) is 9.41. The monoisotopic (exact) mass is 370 g/mol. The molecule has 0 saturated heterocycles. The van der Waals surface area contributed by atoms with Crippen LogP contribution in [0.3, 0.4) is 0 Å². The van der Waals surface area contributed by atoms with E-state index in [1.54, 1.807) is 0 Å². The highest BCUT2D eigenvalue weighted by atomic mass is 35.5. The Bertz CT molecular complexity index is 691. The largest absolute Gasteiger partial charge is 0.352 e. The number of carbonyl (C=O) groups excluding carboxylic acids is 1. The maximum atomic E-state index is 12.4. The van der Waals surface area contributed by atoms with Gasteiger partial charge in [0.05, 0.1) is 4.90 Å². The van der Waals surface area contributed by atoms with Gasteiger partial charge in [-0.25, -0.2) is 8.42 Å². The number of benzene rings is 1. The first-order valence-electron chi connectivity index (χ1n) is 8.38. The Morgan fingerprint density at radius 3 is 2.33 bits per heavy atom. The Labute approximate surface area is 147 Å². The van der Waals surface area contributed by atoms with Gasteiger partial charge in [0.25, 0.3) is 0 Å². The molecule has 1 aromatic carbocycles. The molecule has 0 aromatic heterocycles. The fourth-order valence-corrected chi connectivity index (χ4v) is 5.42. The number of sulfone groups is 1. The fraction of sp³-hybridized carbons (Fsp3) is 0.588. The van der Waals surface area contributed by atoms with Crippen LogP contribution in [-0.4, -0.2) is 32.2 Å². The van der Waals surface area contributed by atoms with Gasteiger partial charge in [-0.3, -0.25) is 4.79 Å². The number of hydrogen-bond donors (Lipinski definition) is 2. The molecule has 2 saturated carbocycles. The van der Waals surface area contributed by atoms with Gasteiger partial charge in [0.2, 0.25) is 5.91 Å². The molecule has 1 aromatic rings. The van der Waals surface area contributed by atoms with Gasteiger partial charge in [-0.15, -0.1) is 0 Å². The third-order valence-electron chi connectivity index (χ3n) is 5.20. The zero-order chi connectivity index (χ0) is 17.3. The second-order valence-electron chi connectivity index (χ2n) is 6.99. The Kier molecular flexibility index (Phi) is 5.18. The summed E-state index contributed by atoms with van der Waals surface area (Å²) in [5.74, 6) is -0.219. The maximum Gasteiger partial charge on any atom is 0.235 e. The number of fused-ring (bicyclic) bond motifs is 2. The number of nitrogens with one attached hydrogen (secondary N) is 1. The van der Waals surface area contributed by atoms with Gasteiger partial charge in [0.15, 0.2) is 9.84 Å². The molecular formula is C17H23ClN2O3S. The molecule has 2 fully saturated rings. The highest BCUT2D eigenvalue weighted by Crippen LogP contribution is 2.39. The average Bonchev–Trinajstić information content (AvgIpc) is 2.48. The van der Waals surface area contributed by atoms with Crippen LogP contribution >= 0.6 is 11.6 Å². The van der Waals surface area contributed by atoms with E-state index in [0.717, 1.165) is 32.1 Å². The van der Waals surface area contributed by atoms with E-state index in [1.165, 1.54) is 24.3 Å². The lowest BCUT2D eigenvalue weighted by molar-refractivity contribution is -0.120. The van der Waals surface area contributed by atoms with Gasteiger partial charge < -0.3 is 11.1 Å². The molecule has 2 aliphatic rings. The van der Waals surface area contributed by atoms with Crippen LogP contribution in [0.15, 0.2) is 29.2 Å². The molecule has 0 heterocycles. The Balaban J connectivity index is 1.66. The molecular weight excluding hydrogens is 348 g/mol. The zero-order valence-corrected chi connectivity index (χ0v) is 15.0. The standard InChI is InChI=1S/C17H23ClN2O3S/c18-13-4-6-15(7-5-13)24(22,23)10-16(21)20-17-11-2-1-3-12(17)9-14(19)8-11/h4-7,11-12,14,17H,1-3,8-10,19H2,(H,20,21). The fourth-order valence-electron chi connectivity index (χ4n) is 4.15. The molecule has 0 spiro atoms. The van der Waals surface area contributed by atoms with E-state index in [-0.39, 0.29) is 17.0 Å². The van der Waals surface area contributed by atoms with Gasteiger partial charge in [-0.05, 0) is 61.8 Å². The summed E-state index contributed by atoms with van der Waals surface area (Å²) in [6.07, 6.45) is 5.09. The van der Waals surface area contributed by atoms with E-state index in [2.05, 4.69) is 5.32 Å². The second kappa shape index (κ2) is 7.02. The van der Waals surface area contributed by atoms with Gasteiger partial charge >= 0.3 is 0 Å². The molecule has 7 heteroatoms. The lowest BCUT2D eigenvalue weighted by Gasteiger charge is -2.45. The number of amides is 1. The molecule has 3 N–H and O–H groups in total. The van der Waals surface area contributed by atoms with Crippen molar-refractivity contribution in [3.63, 3.8) is 0 Å². The van der Waals surface area contributed by atoms with Gasteiger partial charge in [-0.1, -0.05) is 18.0 Å². The van der Waals surface area contributed by atoms with Crippen molar-refractivity contribution in [3.8, 4) is 0 Å². The number of rotatable bonds is 4. The van der Waals surface area contributed by atoms with Crippen LogP contribution in [0.4, 0.5) is 0 Å². The maximum absolute atomic E-state index is 12.4. The minimum absolute atomic E-state index is 0.0615. The molecule has 132 valence electrons. The van der Waals surface area contributed by atoms with Crippen LogP contribution in [0.2, 0.25) is 5.02 Å². The van der Waals surface area contributed by atoms with Crippen molar-refractivity contribution in [2.45, 2.75) is 49.1 Å². The number of hydrogen-bond acceptors (Lipinski definition) is 4. The summed E-state index contributed by atoms with van der Waals surface area (Å²) >= 11 is 5.78. The number of carbonyl (C=O) groups is 1. The quantitative estimate of drug-likeness (QED) is 0.849. The van der Waals surface area contributed by atoms with Crippen LogP contribution < -0.4 is 11.1 Å². The highest BCUT2D eigenvalue weighted by Gasteiger charge is 2.40. The first kappa shape index (κ1) is 17.7. The van der Waals surface area contributed by atoms with Crippen LogP contribution in [0, 0.1) is 11.8 Å². The van der Waals surface area contributed by atoms with Crippen molar-refractivity contribution >= 4 is 27.3 Å². The summed E-state index contributed by atoms with van der Waals surface area (Å²) in [6, 6.07) is 6.15. The molecule has 2 unspecified atom stereocenters. The average molecular weight is 371 g/mol. The van der Waals surface area contributed by atoms with Crippen molar-refractivity contribution in [3.05, 3.63) is 29.3 Å². The topological polar surface area (TPSA) is 89.3 Å². The summed E-state index contributed by atoms with van der Waals surface area (Å²) in [4.78, 5) is 12.5. The molecule has 24 heavy (non-hydrogen) atoms. The van der Waals surface area contributed by atoms with Crippen LogP contribution in [0.25, 0.3) is 0 Å². The van der Waals surface area contributed by atoms with Crippen LogP contribution in [0.5, 0.6) is 0 Å². The summed E-state index contributed by atoms with van der Waals surface area (Å²) < 4.78 is 24.7. The van der Waals surface area contributed by atoms with E-state index in [9.17, 15) is 13.2 Å². The van der Waals surface area contributed by atoms with Gasteiger partial charge in [-0.2, -0.15) is 0 Å².